The van der Waals surface area contributed by atoms with Crippen molar-refractivity contribution >= 4 is 0 Å². The van der Waals surface area contributed by atoms with Gasteiger partial charge in [-0.05, 0) is 12.0 Å². The van der Waals surface area contributed by atoms with Crippen LogP contribution in [0.25, 0.3) is 0 Å². The van der Waals surface area contributed by atoms with E-state index in [4.69, 9.17) is 5.73 Å². The van der Waals surface area contributed by atoms with Gasteiger partial charge in [0, 0.05) is 6.04 Å². The lowest BCUT2D eigenvalue weighted by molar-refractivity contribution is 0.699. The zero-order chi connectivity index (χ0) is 7.40. The van der Waals surface area contributed by atoms with Crippen LogP contribution in [0.15, 0.2) is 30.3 Å². The van der Waals surface area contributed by atoms with Crippen molar-refractivity contribution in [1.29, 1.82) is 0 Å². The summed E-state index contributed by atoms with van der Waals surface area (Å²) < 4.78 is 0. The maximum Gasteiger partial charge on any atom is 0.0292 e. The molecule has 0 spiro atoms. The fourth-order valence-electron chi connectivity index (χ4n) is 0.936. The van der Waals surface area contributed by atoms with Crippen molar-refractivity contribution in [3.05, 3.63) is 35.9 Å². The molecule has 1 rings (SSSR count). The average Bonchev–Trinajstić information content (AvgIpc) is 2.05. The highest BCUT2D eigenvalue weighted by Gasteiger charge is 1.99. The van der Waals surface area contributed by atoms with Gasteiger partial charge in [-0.1, -0.05) is 37.3 Å². The van der Waals surface area contributed by atoms with Crippen LogP contribution in [0.4, 0.5) is 0 Å². The Balaban J connectivity index is 0.000001000. The third-order valence-electron chi connectivity index (χ3n) is 1.67. The molecule has 1 aromatic rings. The van der Waals surface area contributed by atoms with Crippen molar-refractivity contribution in [2.45, 2.75) is 19.4 Å². The summed E-state index contributed by atoms with van der Waals surface area (Å²) in [5.74, 6) is 0. The highest BCUT2D eigenvalue weighted by Crippen LogP contribution is 2.11. The molecule has 0 aromatic heterocycles. The number of hydrogen-bond acceptors (Lipinski definition) is 1. The summed E-state index contributed by atoms with van der Waals surface area (Å²) in [6.07, 6.45) is 1.00. The minimum absolute atomic E-state index is 0. The van der Waals surface area contributed by atoms with Crippen molar-refractivity contribution in [3.8, 4) is 0 Å². The third-order valence-corrected chi connectivity index (χ3v) is 1.67. The number of benzene rings is 1. The van der Waals surface area contributed by atoms with E-state index in [1.165, 1.54) is 5.56 Å². The fraction of sp³-hybridized carbons (Fsp3) is 0.333. The van der Waals surface area contributed by atoms with E-state index < -0.39 is 0 Å². The van der Waals surface area contributed by atoms with Gasteiger partial charge < -0.3 is 11.2 Å². The van der Waals surface area contributed by atoms with Crippen molar-refractivity contribution in [2.75, 3.05) is 0 Å². The average molecular weight is 153 g/mol. The Labute approximate surface area is 67.3 Å². The first-order chi connectivity index (χ1) is 4.84. The highest BCUT2D eigenvalue weighted by atomic mass is 16.0. The summed E-state index contributed by atoms with van der Waals surface area (Å²) in [5, 5.41) is 0. The summed E-state index contributed by atoms with van der Waals surface area (Å²) >= 11 is 0. The molecule has 0 amide bonds. The van der Waals surface area contributed by atoms with E-state index in [1.54, 1.807) is 0 Å². The Hall–Kier alpha value is -0.860. The topological polar surface area (TPSA) is 57.5 Å². The van der Waals surface area contributed by atoms with Gasteiger partial charge in [-0.15, -0.1) is 0 Å². The standard InChI is InChI=1S/C9H13N.H2O/c1-2-9(10)8-6-4-3-5-7-8;/h3-7,9H,2,10H2,1H3;1H2. The lowest BCUT2D eigenvalue weighted by Crippen LogP contribution is -2.07. The molecule has 0 bridgehead atoms. The normalized spacial score (nSPS) is 11.8. The lowest BCUT2D eigenvalue weighted by atomic mass is 10.1. The predicted octanol–water partition coefficient (Wildman–Crippen LogP) is 1.27. The molecule has 0 fully saturated rings. The molecule has 1 aromatic carbocycles. The minimum Gasteiger partial charge on any atom is -0.412 e. The molecular formula is C9H15NO. The molecule has 11 heavy (non-hydrogen) atoms. The molecule has 0 heterocycles. The second-order valence-electron chi connectivity index (χ2n) is 2.43. The van der Waals surface area contributed by atoms with E-state index in [0.29, 0.717) is 0 Å². The van der Waals surface area contributed by atoms with Gasteiger partial charge in [-0.25, -0.2) is 0 Å². The molecule has 0 radical (unpaired) electrons. The Morgan fingerprint density at radius 1 is 1.27 bits per heavy atom. The first-order valence-electron chi connectivity index (χ1n) is 3.65. The van der Waals surface area contributed by atoms with Gasteiger partial charge in [0.1, 0.15) is 0 Å². The van der Waals surface area contributed by atoms with Crippen LogP contribution in [0.5, 0.6) is 0 Å². The van der Waals surface area contributed by atoms with Crippen molar-refractivity contribution < 1.29 is 5.48 Å². The molecule has 0 aliphatic carbocycles. The zero-order valence-electron chi connectivity index (χ0n) is 6.75. The molecule has 4 N–H and O–H groups in total. The summed E-state index contributed by atoms with van der Waals surface area (Å²) in [6.45, 7) is 2.09. The molecule has 0 saturated heterocycles. The number of hydrogen-bond donors (Lipinski definition) is 1. The van der Waals surface area contributed by atoms with E-state index in [1.807, 2.05) is 18.2 Å². The zero-order valence-corrected chi connectivity index (χ0v) is 6.75. The van der Waals surface area contributed by atoms with Gasteiger partial charge in [0.05, 0.1) is 0 Å². The first kappa shape index (κ1) is 10.1. The van der Waals surface area contributed by atoms with Crippen molar-refractivity contribution in [1.82, 2.24) is 0 Å². The fourth-order valence-corrected chi connectivity index (χ4v) is 0.936. The van der Waals surface area contributed by atoms with Crippen LogP contribution in [0, 0.1) is 0 Å². The van der Waals surface area contributed by atoms with Gasteiger partial charge in [0.25, 0.3) is 0 Å². The van der Waals surface area contributed by atoms with E-state index in [2.05, 4.69) is 19.1 Å². The van der Waals surface area contributed by atoms with Gasteiger partial charge >= 0.3 is 0 Å². The predicted molar refractivity (Wildman–Crippen MR) is 47.3 cm³/mol. The molecule has 0 saturated carbocycles. The van der Waals surface area contributed by atoms with Crippen LogP contribution in [0.1, 0.15) is 24.9 Å². The Bertz CT molecular complexity index is 186. The maximum atomic E-state index is 5.79. The Morgan fingerprint density at radius 2 is 1.82 bits per heavy atom. The summed E-state index contributed by atoms with van der Waals surface area (Å²) in [4.78, 5) is 0. The summed E-state index contributed by atoms with van der Waals surface area (Å²) in [7, 11) is 0. The smallest absolute Gasteiger partial charge is 0.0292 e. The molecule has 0 aliphatic heterocycles. The van der Waals surface area contributed by atoms with E-state index in [0.717, 1.165) is 6.42 Å². The van der Waals surface area contributed by atoms with E-state index in [9.17, 15) is 0 Å². The van der Waals surface area contributed by atoms with Crippen LogP contribution in [0.2, 0.25) is 0 Å². The molecule has 0 aliphatic rings. The quantitative estimate of drug-likeness (QED) is 0.683. The molecule has 62 valence electrons. The van der Waals surface area contributed by atoms with E-state index in [-0.39, 0.29) is 11.5 Å². The van der Waals surface area contributed by atoms with Gasteiger partial charge in [-0.2, -0.15) is 0 Å². The van der Waals surface area contributed by atoms with Crippen LogP contribution >= 0.6 is 0 Å². The Morgan fingerprint density at radius 3 is 2.27 bits per heavy atom. The van der Waals surface area contributed by atoms with Crippen molar-refractivity contribution in [2.24, 2.45) is 5.73 Å². The Kier molecular flexibility index (Phi) is 4.50. The highest BCUT2D eigenvalue weighted by molar-refractivity contribution is 5.17. The minimum atomic E-state index is 0. The van der Waals surface area contributed by atoms with E-state index >= 15 is 0 Å². The van der Waals surface area contributed by atoms with Crippen molar-refractivity contribution in [3.63, 3.8) is 0 Å². The lowest BCUT2D eigenvalue weighted by Gasteiger charge is -2.06. The maximum absolute atomic E-state index is 5.79. The molecule has 2 heteroatoms. The van der Waals surface area contributed by atoms with Gasteiger partial charge in [-0.3, -0.25) is 0 Å². The SMILES string of the molecule is CCC(N)c1ccccc1.O. The third kappa shape index (κ3) is 2.70. The second-order valence-corrected chi connectivity index (χ2v) is 2.43. The molecule has 2 nitrogen and oxygen atoms in total. The first-order valence-corrected chi connectivity index (χ1v) is 3.65. The van der Waals surface area contributed by atoms with Crippen LogP contribution in [-0.2, 0) is 0 Å². The monoisotopic (exact) mass is 153 g/mol. The van der Waals surface area contributed by atoms with Crippen LogP contribution < -0.4 is 5.73 Å². The summed E-state index contributed by atoms with van der Waals surface area (Å²) in [5.41, 5.74) is 7.02. The molecular weight excluding hydrogens is 138 g/mol. The number of rotatable bonds is 2. The van der Waals surface area contributed by atoms with Gasteiger partial charge in [0.15, 0.2) is 0 Å². The largest absolute Gasteiger partial charge is 0.412 e. The molecule has 1 atom stereocenters. The van der Waals surface area contributed by atoms with Crippen LogP contribution in [0.3, 0.4) is 0 Å². The van der Waals surface area contributed by atoms with Crippen LogP contribution in [-0.4, -0.2) is 5.48 Å². The second kappa shape index (κ2) is 4.88. The summed E-state index contributed by atoms with van der Waals surface area (Å²) in [6, 6.07) is 10.4. The molecule has 1 unspecified atom stereocenters. The van der Waals surface area contributed by atoms with Gasteiger partial charge in [0.2, 0.25) is 0 Å². The number of nitrogens with two attached hydrogens (primary N) is 1.